The minimum absolute atomic E-state index is 0.311. The zero-order valence-corrected chi connectivity index (χ0v) is 13.8. The van der Waals surface area contributed by atoms with Gasteiger partial charge in [-0.2, -0.15) is 20.0 Å². The first-order valence-corrected chi connectivity index (χ1v) is 7.57. The van der Waals surface area contributed by atoms with Gasteiger partial charge in [-0.1, -0.05) is 32.7 Å². The molecular weight excluding hydrogens is 374 g/mol. The summed E-state index contributed by atoms with van der Waals surface area (Å²) in [6.45, 7) is 2.13. The lowest BCUT2D eigenvalue weighted by molar-refractivity contribution is 0.210. The first-order chi connectivity index (χ1) is 10.6. The number of hydrogen-bond acceptors (Lipinski definition) is 6. The average Bonchev–Trinajstić information content (AvgIpc) is 3.14. The molecule has 3 aromatic rings. The molecule has 0 aliphatic heterocycles. The molecule has 0 radical (unpaired) electrons. The van der Waals surface area contributed by atoms with Crippen molar-refractivity contribution in [2.24, 2.45) is 0 Å². The van der Waals surface area contributed by atoms with Gasteiger partial charge >= 0.3 is 0 Å². The van der Waals surface area contributed by atoms with Crippen molar-refractivity contribution in [1.82, 2.24) is 25.1 Å². The number of rotatable bonds is 5. The summed E-state index contributed by atoms with van der Waals surface area (Å²) in [5.41, 5.74) is 0. The van der Waals surface area contributed by atoms with Crippen LogP contribution in [0.3, 0.4) is 0 Å². The van der Waals surface area contributed by atoms with Crippen molar-refractivity contribution in [3.8, 4) is 5.75 Å². The molecule has 0 fully saturated rings. The van der Waals surface area contributed by atoms with Gasteiger partial charge in [0, 0.05) is 4.47 Å². The lowest BCUT2D eigenvalue weighted by Gasteiger charge is -2.12. The van der Waals surface area contributed by atoms with Crippen molar-refractivity contribution in [2.45, 2.75) is 19.6 Å². The smallest absolute Gasteiger partial charge is 0.250 e. The van der Waals surface area contributed by atoms with Gasteiger partial charge in [-0.05, 0) is 25.1 Å². The predicted molar refractivity (Wildman–Crippen MR) is 81.6 cm³/mol. The molecule has 1 atom stereocenters. The fourth-order valence-corrected chi connectivity index (χ4v) is 2.48. The SMILES string of the molecule is CC(Oc1ccc(Br)cc1Cl)c1noc(Cn2nccn2)n1. The summed E-state index contributed by atoms with van der Waals surface area (Å²) in [7, 11) is 0. The lowest BCUT2D eigenvalue weighted by Crippen LogP contribution is -2.07. The van der Waals surface area contributed by atoms with E-state index in [-0.39, 0.29) is 0 Å². The summed E-state index contributed by atoms with van der Waals surface area (Å²) in [5, 5.41) is 12.4. The van der Waals surface area contributed by atoms with E-state index in [0.717, 1.165) is 4.47 Å². The van der Waals surface area contributed by atoms with Crippen LogP contribution >= 0.6 is 27.5 Å². The highest BCUT2D eigenvalue weighted by molar-refractivity contribution is 9.10. The van der Waals surface area contributed by atoms with Crippen molar-refractivity contribution in [2.75, 3.05) is 0 Å². The Bertz CT molecular complexity index is 762. The number of hydrogen-bond donors (Lipinski definition) is 0. The first kappa shape index (κ1) is 15.0. The maximum absolute atomic E-state index is 6.12. The molecule has 0 spiro atoms. The second-order valence-corrected chi connectivity index (χ2v) is 5.76. The summed E-state index contributed by atoms with van der Waals surface area (Å²) in [4.78, 5) is 5.73. The molecule has 2 aromatic heterocycles. The van der Waals surface area contributed by atoms with Crippen molar-refractivity contribution in [3.05, 3.63) is 51.8 Å². The van der Waals surface area contributed by atoms with E-state index in [2.05, 4.69) is 36.3 Å². The lowest BCUT2D eigenvalue weighted by atomic mass is 10.3. The molecule has 0 aliphatic carbocycles. The quantitative estimate of drug-likeness (QED) is 0.672. The van der Waals surface area contributed by atoms with Crippen LogP contribution in [0, 0.1) is 0 Å². The fourth-order valence-electron chi connectivity index (χ4n) is 1.76. The van der Waals surface area contributed by atoms with Gasteiger partial charge in [0.05, 0.1) is 17.4 Å². The molecule has 0 aliphatic rings. The van der Waals surface area contributed by atoms with E-state index in [1.54, 1.807) is 24.5 Å². The number of nitrogens with zero attached hydrogens (tertiary/aromatic N) is 5. The van der Waals surface area contributed by atoms with E-state index in [0.29, 0.717) is 29.0 Å². The number of aromatic nitrogens is 5. The van der Waals surface area contributed by atoms with Crippen LogP contribution in [-0.2, 0) is 6.54 Å². The molecule has 1 unspecified atom stereocenters. The second-order valence-electron chi connectivity index (χ2n) is 4.44. The molecular formula is C13H11BrClN5O2. The molecule has 3 rings (SSSR count). The zero-order valence-electron chi connectivity index (χ0n) is 11.5. The predicted octanol–water partition coefficient (Wildman–Crippen LogP) is 3.27. The van der Waals surface area contributed by atoms with Gasteiger partial charge in [0.1, 0.15) is 12.3 Å². The Hall–Kier alpha value is -1.93. The van der Waals surface area contributed by atoms with Gasteiger partial charge in [-0.3, -0.25) is 0 Å². The van der Waals surface area contributed by atoms with Crippen LogP contribution in [0.25, 0.3) is 0 Å². The molecule has 0 bridgehead atoms. The molecule has 9 heteroatoms. The summed E-state index contributed by atoms with van der Waals surface area (Å²) in [6, 6.07) is 5.38. The summed E-state index contributed by atoms with van der Waals surface area (Å²) in [6.07, 6.45) is 2.76. The number of halogens is 2. The first-order valence-electron chi connectivity index (χ1n) is 6.40. The van der Waals surface area contributed by atoms with E-state index >= 15 is 0 Å². The van der Waals surface area contributed by atoms with Gasteiger partial charge < -0.3 is 9.26 Å². The molecule has 0 N–H and O–H groups in total. The van der Waals surface area contributed by atoms with Gasteiger partial charge in [-0.15, -0.1) is 0 Å². The van der Waals surface area contributed by atoms with Crippen LogP contribution in [0.2, 0.25) is 5.02 Å². The summed E-state index contributed by atoms with van der Waals surface area (Å²) in [5.74, 6) is 1.39. The van der Waals surface area contributed by atoms with Crippen LogP contribution in [-0.4, -0.2) is 25.1 Å². The van der Waals surface area contributed by atoms with Crippen LogP contribution in [0.15, 0.2) is 39.6 Å². The Morgan fingerprint density at radius 2 is 2.14 bits per heavy atom. The monoisotopic (exact) mass is 383 g/mol. The van der Waals surface area contributed by atoms with Gasteiger partial charge in [0.25, 0.3) is 0 Å². The summed E-state index contributed by atoms with van der Waals surface area (Å²) >= 11 is 9.47. The Morgan fingerprint density at radius 3 is 2.86 bits per heavy atom. The van der Waals surface area contributed by atoms with Gasteiger partial charge in [0.15, 0.2) is 6.10 Å². The Morgan fingerprint density at radius 1 is 1.36 bits per heavy atom. The molecule has 7 nitrogen and oxygen atoms in total. The normalized spacial score (nSPS) is 12.3. The van der Waals surface area contributed by atoms with Crippen LogP contribution in [0.5, 0.6) is 5.75 Å². The number of benzene rings is 1. The molecule has 2 heterocycles. The van der Waals surface area contributed by atoms with Crippen molar-refractivity contribution in [3.63, 3.8) is 0 Å². The molecule has 114 valence electrons. The molecule has 0 saturated heterocycles. The minimum Gasteiger partial charge on any atom is -0.481 e. The van der Waals surface area contributed by atoms with Gasteiger partial charge in [-0.25, -0.2) is 0 Å². The molecule has 0 saturated carbocycles. The van der Waals surface area contributed by atoms with Gasteiger partial charge in [0.2, 0.25) is 11.7 Å². The van der Waals surface area contributed by atoms with Crippen molar-refractivity contribution in [1.29, 1.82) is 0 Å². The highest BCUT2D eigenvalue weighted by Crippen LogP contribution is 2.30. The van der Waals surface area contributed by atoms with E-state index in [9.17, 15) is 0 Å². The van der Waals surface area contributed by atoms with E-state index in [4.69, 9.17) is 20.9 Å². The second kappa shape index (κ2) is 6.45. The standard InChI is InChI=1S/C13H11BrClN5O2/c1-8(21-11-3-2-9(14)6-10(11)15)13-18-12(22-19-13)7-20-16-4-5-17-20/h2-6,8H,7H2,1H3. The molecule has 22 heavy (non-hydrogen) atoms. The average molecular weight is 385 g/mol. The fraction of sp³-hybridized carbons (Fsp3) is 0.231. The Balaban J connectivity index is 1.69. The topological polar surface area (TPSA) is 78.9 Å². The van der Waals surface area contributed by atoms with Crippen LogP contribution in [0.1, 0.15) is 24.7 Å². The minimum atomic E-state index is -0.401. The third-order valence-electron chi connectivity index (χ3n) is 2.79. The van der Waals surface area contributed by atoms with Crippen molar-refractivity contribution >= 4 is 27.5 Å². The third kappa shape index (κ3) is 3.45. The Labute approximate surface area is 139 Å². The van der Waals surface area contributed by atoms with Crippen molar-refractivity contribution < 1.29 is 9.26 Å². The third-order valence-corrected chi connectivity index (χ3v) is 3.58. The largest absolute Gasteiger partial charge is 0.481 e. The maximum Gasteiger partial charge on any atom is 0.250 e. The number of ether oxygens (including phenoxy) is 1. The Kier molecular flexibility index (Phi) is 4.39. The molecule has 1 aromatic carbocycles. The zero-order chi connectivity index (χ0) is 15.5. The van der Waals surface area contributed by atoms with E-state index in [1.165, 1.54) is 4.80 Å². The van der Waals surface area contributed by atoms with Crippen LogP contribution < -0.4 is 4.74 Å². The highest BCUT2D eigenvalue weighted by Gasteiger charge is 2.17. The maximum atomic E-state index is 6.12. The molecule has 0 amide bonds. The highest BCUT2D eigenvalue weighted by atomic mass is 79.9. The van der Waals surface area contributed by atoms with Crippen LogP contribution in [0.4, 0.5) is 0 Å². The van der Waals surface area contributed by atoms with E-state index < -0.39 is 6.10 Å². The van der Waals surface area contributed by atoms with E-state index in [1.807, 2.05) is 13.0 Å². The summed E-state index contributed by atoms with van der Waals surface area (Å²) < 4.78 is 11.8.